The van der Waals surface area contributed by atoms with Crippen LogP contribution in [0.2, 0.25) is 0 Å². The molecule has 0 saturated heterocycles. The summed E-state index contributed by atoms with van der Waals surface area (Å²) in [7, 11) is 3.18. The van der Waals surface area contributed by atoms with E-state index in [1.54, 1.807) is 20.3 Å². The number of ether oxygens (including phenoxy) is 2. The monoisotopic (exact) mass is 430 g/mol. The van der Waals surface area contributed by atoms with Crippen molar-refractivity contribution in [3.8, 4) is 11.5 Å². The number of halogens is 3. The number of fused-ring (bicyclic) bond motifs is 1. The molecule has 4 nitrogen and oxygen atoms in total. The van der Waals surface area contributed by atoms with Crippen LogP contribution < -0.4 is 9.47 Å². The minimum absolute atomic E-state index is 0.284. The molecular weight excluding hydrogens is 405 g/mol. The van der Waals surface area contributed by atoms with Crippen molar-refractivity contribution >= 4 is 0 Å². The maximum absolute atomic E-state index is 13.4. The minimum Gasteiger partial charge on any atom is -0.493 e. The molecule has 1 aliphatic rings. The summed E-state index contributed by atoms with van der Waals surface area (Å²) in [4.78, 5) is 2.23. The maximum atomic E-state index is 13.4. The summed E-state index contributed by atoms with van der Waals surface area (Å²) in [5.41, 5.74) is 2.02. The van der Waals surface area contributed by atoms with Crippen LogP contribution in [0.15, 0.2) is 60.8 Å². The Balaban J connectivity index is 1.74. The molecule has 0 N–H and O–H groups in total. The molecule has 1 aromatic heterocycles. The molecule has 164 valence electrons. The van der Waals surface area contributed by atoms with Crippen molar-refractivity contribution in [1.29, 1.82) is 0 Å². The molecule has 1 aliphatic heterocycles. The molecule has 2 aromatic carbocycles. The predicted molar refractivity (Wildman–Crippen MR) is 112 cm³/mol. The maximum Gasteiger partial charge on any atom is 0.416 e. The highest BCUT2D eigenvalue weighted by Gasteiger charge is 2.33. The fourth-order valence-electron chi connectivity index (χ4n) is 4.29. The number of aromatic nitrogens is 1. The Morgan fingerprint density at radius 1 is 0.935 bits per heavy atom. The zero-order chi connectivity index (χ0) is 22.0. The van der Waals surface area contributed by atoms with Crippen molar-refractivity contribution < 1.29 is 22.6 Å². The zero-order valence-corrected chi connectivity index (χ0v) is 17.5. The number of rotatable bonds is 5. The van der Waals surface area contributed by atoms with Crippen molar-refractivity contribution in [2.24, 2.45) is 0 Å². The van der Waals surface area contributed by atoms with Gasteiger partial charge in [-0.05, 0) is 53.9 Å². The van der Waals surface area contributed by atoms with Crippen LogP contribution in [0, 0.1) is 0 Å². The number of hydrogen-bond acceptors (Lipinski definition) is 3. The van der Waals surface area contributed by atoms with Crippen molar-refractivity contribution in [2.45, 2.75) is 31.7 Å². The summed E-state index contributed by atoms with van der Waals surface area (Å²) in [6.45, 7) is 2.17. The summed E-state index contributed by atoms with van der Waals surface area (Å²) in [6.07, 6.45) is -1.48. The second-order valence-electron chi connectivity index (χ2n) is 7.67. The highest BCUT2D eigenvalue weighted by atomic mass is 19.4. The lowest BCUT2D eigenvalue weighted by atomic mass is 9.98. The summed E-state index contributed by atoms with van der Waals surface area (Å²) >= 11 is 0. The van der Waals surface area contributed by atoms with Crippen molar-refractivity contribution in [1.82, 2.24) is 9.47 Å². The van der Waals surface area contributed by atoms with Crippen molar-refractivity contribution in [3.63, 3.8) is 0 Å². The van der Waals surface area contributed by atoms with Gasteiger partial charge in [0.05, 0.1) is 25.8 Å². The van der Waals surface area contributed by atoms with E-state index >= 15 is 0 Å². The van der Waals surface area contributed by atoms with Crippen LogP contribution in [-0.2, 0) is 19.3 Å². The average Bonchev–Trinajstić information content (AvgIpc) is 3.14. The lowest BCUT2D eigenvalue weighted by Crippen LogP contribution is -2.29. The normalized spacial score (nSPS) is 17.1. The third kappa shape index (κ3) is 4.42. The quantitative estimate of drug-likeness (QED) is 0.533. The van der Waals surface area contributed by atoms with Crippen LogP contribution in [0.4, 0.5) is 13.2 Å². The van der Waals surface area contributed by atoms with Gasteiger partial charge in [0.25, 0.3) is 0 Å². The number of aryl methyl sites for hydroxylation is 1. The Bertz CT molecular complexity index is 1050. The fourth-order valence-corrected chi connectivity index (χ4v) is 4.29. The lowest BCUT2D eigenvalue weighted by Gasteiger charge is -2.31. The highest BCUT2D eigenvalue weighted by molar-refractivity contribution is 5.43. The van der Waals surface area contributed by atoms with Gasteiger partial charge >= 0.3 is 6.18 Å². The molecule has 31 heavy (non-hydrogen) atoms. The Morgan fingerprint density at radius 2 is 1.74 bits per heavy atom. The lowest BCUT2D eigenvalue weighted by molar-refractivity contribution is -0.137. The van der Waals surface area contributed by atoms with E-state index in [0.29, 0.717) is 23.6 Å². The van der Waals surface area contributed by atoms with E-state index in [2.05, 4.69) is 9.47 Å². The van der Waals surface area contributed by atoms with Gasteiger partial charge in [0.2, 0.25) is 0 Å². The third-order valence-corrected chi connectivity index (χ3v) is 5.72. The molecular formula is C24H25F3N2O2. The molecule has 0 saturated carbocycles. The fraction of sp³-hybridized carbons (Fsp3) is 0.333. The minimum atomic E-state index is -4.38. The molecule has 7 heteroatoms. The predicted octanol–water partition coefficient (Wildman–Crippen LogP) is 5.52. The van der Waals surface area contributed by atoms with Gasteiger partial charge in [-0.3, -0.25) is 4.90 Å². The Labute approximate surface area is 179 Å². The molecule has 0 bridgehead atoms. The molecule has 1 unspecified atom stereocenters. The molecule has 0 aliphatic carbocycles. The van der Waals surface area contributed by atoms with Gasteiger partial charge in [-0.2, -0.15) is 13.2 Å². The van der Waals surface area contributed by atoms with Crippen LogP contribution in [0.25, 0.3) is 0 Å². The van der Waals surface area contributed by atoms with Crippen LogP contribution in [-0.4, -0.2) is 30.2 Å². The smallest absolute Gasteiger partial charge is 0.416 e. The molecule has 0 amide bonds. The average molecular weight is 430 g/mol. The summed E-state index contributed by atoms with van der Waals surface area (Å²) in [6, 6.07) is 15.1. The first-order valence-electron chi connectivity index (χ1n) is 10.2. The van der Waals surface area contributed by atoms with E-state index in [4.69, 9.17) is 9.47 Å². The van der Waals surface area contributed by atoms with E-state index in [9.17, 15) is 13.2 Å². The van der Waals surface area contributed by atoms with E-state index in [1.807, 2.05) is 36.5 Å². The van der Waals surface area contributed by atoms with E-state index < -0.39 is 11.7 Å². The van der Waals surface area contributed by atoms with Gasteiger partial charge < -0.3 is 14.0 Å². The Morgan fingerprint density at radius 3 is 2.48 bits per heavy atom. The molecule has 0 spiro atoms. The van der Waals surface area contributed by atoms with Gasteiger partial charge in [-0.25, -0.2) is 0 Å². The van der Waals surface area contributed by atoms with Crippen LogP contribution in [0.5, 0.6) is 11.5 Å². The first-order valence-corrected chi connectivity index (χ1v) is 10.2. The van der Waals surface area contributed by atoms with Crippen LogP contribution in [0.3, 0.4) is 0 Å². The van der Waals surface area contributed by atoms with E-state index in [-0.39, 0.29) is 6.04 Å². The number of nitrogens with zero attached hydrogens (tertiary/aromatic N) is 2. The zero-order valence-electron chi connectivity index (χ0n) is 17.5. The first kappa shape index (κ1) is 21.3. The molecule has 0 fully saturated rings. The first-order chi connectivity index (χ1) is 14.9. The summed E-state index contributed by atoms with van der Waals surface area (Å²) < 4.78 is 53.1. The highest BCUT2D eigenvalue weighted by Crippen LogP contribution is 2.37. The number of benzene rings is 2. The molecule has 3 aromatic rings. The van der Waals surface area contributed by atoms with Crippen LogP contribution in [0.1, 0.15) is 34.8 Å². The number of hydrogen-bond donors (Lipinski definition) is 0. The van der Waals surface area contributed by atoms with Gasteiger partial charge in [0, 0.05) is 31.5 Å². The van der Waals surface area contributed by atoms with Crippen molar-refractivity contribution in [3.05, 3.63) is 83.2 Å². The number of methoxy groups -OCH3 is 2. The number of alkyl halides is 3. The SMILES string of the molecule is COc1ccc(CN2CCCn3cccc3C2c2cccc(C(F)(F)F)c2)cc1OC. The molecule has 4 rings (SSSR count). The van der Waals surface area contributed by atoms with Gasteiger partial charge in [-0.15, -0.1) is 0 Å². The third-order valence-electron chi connectivity index (χ3n) is 5.72. The van der Waals surface area contributed by atoms with Gasteiger partial charge in [-0.1, -0.05) is 18.2 Å². The van der Waals surface area contributed by atoms with Gasteiger partial charge in [0.15, 0.2) is 11.5 Å². The second kappa shape index (κ2) is 8.67. The van der Waals surface area contributed by atoms with Gasteiger partial charge in [0.1, 0.15) is 0 Å². The summed E-state index contributed by atoms with van der Waals surface area (Å²) in [5.74, 6) is 1.28. The van der Waals surface area contributed by atoms with E-state index in [1.165, 1.54) is 12.1 Å². The molecule has 0 radical (unpaired) electrons. The largest absolute Gasteiger partial charge is 0.493 e. The molecule has 1 atom stereocenters. The second-order valence-corrected chi connectivity index (χ2v) is 7.67. The molecule has 2 heterocycles. The van der Waals surface area contributed by atoms with Crippen molar-refractivity contribution in [2.75, 3.05) is 20.8 Å². The standard InChI is InChI=1S/C24H25F3N2O2/c1-30-21-10-9-17(14-22(21)31-2)16-29-13-5-12-28-11-4-8-20(28)23(29)18-6-3-7-19(15-18)24(25,26)27/h3-4,6-11,14-15,23H,5,12-13,16H2,1-2H3. The Kier molecular flexibility index (Phi) is 5.96. The Hall–Kier alpha value is -2.93. The summed E-state index contributed by atoms with van der Waals surface area (Å²) in [5, 5.41) is 0. The van der Waals surface area contributed by atoms with Crippen LogP contribution >= 0.6 is 0 Å². The van der Waals surface area contributed by atoms with E-state index in [0.717, 1.165) is 36.8 Å². The topological polar surface area (TPSA) is 26.6 Å².